The predicted molar refractivity (Wildman–Crippen MR) is 117 cm³/mol. The zero-order valence-electron chi connectivity index (χ0n) is 16.6. The number of fused-ring (bicyclic) bond motifs is 1. The first-order valence-electron chi connectivity index (χ1n) is 9.51. The number of anilines is 1. The van der Waals surface area contributed by atoms with E-state index in [9.17, 15) is 14.7 Å². The summed E-state index contributed by atoms with van der Waals surface area (Å²) in [4.78, 5) is 31.0. The number of aliphatic hydroxyl groups is 1. The highest BCUT2D eigenvalue weighted by Crippen LogP contribution is 2.27. The minimum atomic E-state index is -0.975. The van der Waals surface area contributed by atoms with Crippen molar-refractivity contribution in [2.45, 2.75) is 32.4 Å². The fourth-order valence-electron chi connectivity index (χ4n) is 2.97. The van der Waals surface area contributed by atoms with E-state index in [1.807, 2.05) is 0 Å². The maximum absolute atomic E-state index is 12.5. The Morgan fingerprint density at radius 2 is 2.10 bits per heavy atom. The summed E-state index contributed by atoms with van der Waals surface area (Å²) in [6, 6.07) is 4.79. The molecule has 1 atom stereocenters. The van der Waals surface area contributed by atoms with E-state index in [0.717, 1.165) is 12.8 Å². The van der Waals surface area contributed by atoms with Crippen molar-refractivity contribution >= 4 is 40.3 Å². The van der Waals surface area contributed by atoms with Gasteiger partial charge in [-0.05, 0) is 24.6 Å². The molecule has 11 heteroatoms. The van der Waals surface area contributed by atoms with Crippen molar-refractivity contribution in [2.75, 3.05) is 18.5 Å². The van der Waals surface area contributed by atoms with Gasteiger partial charge in [-0.25, -0.2) is 4.79 Å². The number of imidazole rings is 1. The quantitative estimate of drug-likeness (QED) is 0.426. The standard InChI is InChI=1S/C19H23Cl2N5O4/c1-3-4-7-22-18-23-16-15(17(28)24-19(29)25(16)2)26(18)9-12(27)10-30-14-6-5-11(20)8-13(14)21/h5-6,8,12,27H,3-4,7,9-10H2,1-2H3,(H,22,23)(H,24,28,29). The van der Waals surface area contributed by atoms with E-state index in [2.05, 4.69) is 22.2 Å². The summed E-state index contributed by atoms with van der Waals surface area (Å²) in [6.07, 6.45) is 0.904. The monoisotopic (exact) mass is 455 g/mol. The molecule has 0 aliphatic heterocycles. The lowest BCUT2D eigenvalue weighted by atomic mass is 10.3. The number of aliphatic hydroxyl groups excluding tert-OH is 1. The third kappa shape index (κ3) is 4.80. The number of hydrogen-bond acceptors (Lipinski definition) is 6. The Kier molecular flexibility index (Phi) is 7.06. The van der Waals surface area contributed by atoms with Gasteiger partial charge in [-0.1, -0.05) is 36.5 Å². The molecule has 2 aromatic heterocycles. The van der Waals surface area contributed by atoms with Gasteiger partial charge in [0.1, 0.15) is 18.5 Å². The van der Waals surface area contributed by atoms with Crippen LogP contribution in [-0.2, 0) is 13.6 Å². The molecule has 0 radical (unpaired) electrons. The topological polar surface area (TPSA) is 114 Å². The number of nitrogens with zero attached hydrogens (tertiary/aromatic N) is 3. The van der Waals surface area contributed by atoms with Crippen molar-refractivity contribution in [1.29, 1.82) is 0 Å². The third-order valence-corrected chi connectivity index (χ3v) is 5.07. The number of halogens is 2. The molecule has 30 heavy (non-hydrogen) atoms. The van der Waals surface area contributed by atoms with Gasteiger partial charge in [0.15, 0.2) is 11.2 Å². The van der Waals surface area contributed by atoms with Gasteiger partial charge >= 0.3 is 5.69 Å². The van der Waals surface area contributed by atoms with Gasteiger partial charge in [0.05, 0.1) is 11.6 Å². The maximum atomic E-state index is 12.5. The van der Waals surface area contributed by atoms with Crippen molar-refractivity contribution in [2.24, 2.45) is 7.05 Å². The van der Waals surface area contributed by atoms with Crippen molar-refractivity contribution in [3.05, 3.63) is 49.1 Å². The van der Waals surface area contributed by atoms with Crippen molar-refractivity contribution in [1.82, 2.24) is 19.1 Å². The summed E-state index contributed by atoms with van der Waals surface area (Å²) in [5, 5.41) is 14.5. The van der Waals surface area contributed by atoms with E-state index in [4.69, 9.17) is 27.9 Å². The smallest absolute Gasteiger partial charge is 0.329 e. The van der Waals surface area contributed by atoms with Crippen molar-refractivity contribution in [3.8, 4) is 5.75 Å². The molecule has 1 unspecified atom stereocenters. The third-order valence-electron chi connectivity index (χ3n) is 4.54. The van der Waals surface area contributed by atoms with Crippen LogP contribution in [0.4, 0.5) is 5.95 Å². The average Bonchev–Trinajstić information content (AvgIpc) is 3.04. The van der Waals surface area contributed by atoms with Crippen LogP contribution in [0.2, 0.25) is 10.0 Å². The largest absolute Gasteiger partial charge is 0.489 e. The molecule has 0 saturated carbocycles. The van der Waals surface area contributed by atoms with Crippen LogP contribution >= 0.6 is 23.2 Å². The average molecular weight is 456 g/mol. The maximum Gasteiger partial charge on any atom is 0.329 e. The van der Waals surface area contributed by atoms with Crippen LogP contribution in [-0.4, -0.2) is 43.5 Å². The number of aromatic amines is 1. The SMILES string of the molecule is CCCCNc1nc2c(c(=O)[nH]c(=O)n2C)n1CC(O)COc1ccc(Cl)cc1Cl. The van der Waals surface area contributed by atoms with Crippen LogP contribution < -0.4 is 21.3 Å². The van der Waals surface area contributed by atoms with E-state index < -0.39 is 17.4 Å². The number of H-pyrrole nitrogens is 1. The first-order chi connectivity index (χ1) is 14.3. The summed E-state index contributed by atoms with van der Waals surface area (Å²) in [6.45, 7) is 2.65. The van der Waals surface area contributed by atoms with E-state index in [0.29, 0.717) is 28.3 Å². The van der Waals surface area contributed by atoms with Gasteiger partial charge < -0.3 is 19.7 Å². The van der Waals surface area contributed by atoms with Crippen LogP contribution in [0.5, 0.6) is 5.75 Å². The number of nitrogens with one attached hydrogen (secondary N) is 2. The molecule has 0 aliphatic rings. The Balaban J connectivity index is 1.87. The molecule has 0 aliphatic carbocycles. The molecular formula is C19H23Cl2N5O4. The van der Waals surface area contributed by atoms with Gasteiger partial charge in [-0.3, -0.25) is 14.3 Å². The molecule has 3 aromatic rings. The zero-order chi connectivity index (χ0) is 21.8. The normalized spacial score (nSPS) is 12.3. The van der Waals surface area contributed by atoms with Crippen LogP contribution in [0.1, 0.15) is 19.8 Å². The van der Waals surface area contributed by atoms with E-state index in [1.165, 1.54) is 11.6 Å². The van der Waals surface area contributed by atoms with Crippen LogP contribution in [0.25, 0.3) is 11.2 Å². The number of aromatic nitrogens is 4. The van der Waals surface area contributed by atoms with Gasteiger partial charge in [0.2, 0.25) is 5.95 Å². The van der Waals surface area contributed by atoms with E-state index >= 15 is 0 Å². The Morgan fingerprint density at radius 1 is 1.33 bits per heavy atom. The van der Waals surface area contributed by atoms with Gasteiger partial charge in [-0.15, -0.1) is 0 Å². The highest BCUT2D eigenvalue weighted by Gasteiger charge is 2.20. The zero-order valence-corrected chi connectivity index (χ0v) is 18.1. The molecule has 2 heterocycles. The number of aryl methyl sites for hydroxylation is 1. The molecule has 0 amide bonds. The first kappa shape index (κ1) is 22.2. The van der Waals surface area contributed by atoms with E-state index in [1.54, 1.807) is 22.8 Å². The lowest BCUT2D eigenvalue weighted by Crippen LogP contribution is -2.31. The van der Waals surface area contributed by atoms with E-state index in [-0.39, 0.29) is 24.3 Å². The predicted octanol–water partition coefficient (Wildman–Crippen LogP) is 2.38. The summed E-state index contributed by atoms with van der Waals surface area (Å²) in [5.41, 5.74) is -0.701. The number of ether oxygens (including phenoxy) is 1. The first-order valence-corrected chi connectivity index (χ1v) is 10.3. The summed E-state index contributed by atoms with van der Waals surface area (Å²) in [5.74, 6) is 0.783. The molecule has 1 aromatic carbocycles. The molecular weight excluding hydrogens is 433 g/mol. The molecule has 0 bridgehead atoms. The molecule has 0 fully saturated rings. The minimum absolute atomic E-state index is 0.0252. The van der Waals surface area contributed by atoms with Gasteiger partial charge in [0.25, 0.3) is 5.56 Å². The Labute approximate surface area is 182 Å². The number of rotatable bonds is 9. The fraction of sp³-hybridized carbons (Fsp3) is 0.421. The molecule has 0 spiro atoms. The summed E-state index contributed by atoms with van der Waals surface area (Å²) in [7, 11) is 1.52. The van der Waals surface area contributed by atoms with Gasteiger partial charge in [0, 0.05) is 18.6 Å². The highest BCUT2D eigenvalue weighted by atomic mass is 35.5. The van der Waals surface area contributed by atoms with Crippen LogP contribution in [0.3, 0.4) is 0 Å². The number of unbranched alkanes of at least 4 members (excludes halogenated alkanes) is 1. The second kappa shape index (κ2) is 9.55. The fourth-order valence-corrected chi connectivity index (χ4v) is 3.43. The molecule has 3 N–H and O–H groups in total. The summed E-state index contributed by atoms with van der Waals surface area (Å²) < 4.78 is 8.40. The Hall–Kier alpha value is -2.49. The second-order valence-corrected chi connectivity index (χ2v) is 7.70. The number of hydrogen-bond donors (Lipinski definition) is 3. The molecule has 162 valence electrons. The van der Waals surface area contributed by atoms with Gasteiger partial charge in [-0.2, -0.15) is 4.98 Å². The van der Waals surface area contributed by atoms with Crippen LogP contribution in [0.15, 0.2) is 27.8 Å². The Bertz CT molecular complexity index is 1150. The molecule has 9 nitrogen and oxygen atoms in total. The lowest BCUT2D eigenvalue weighted by molar-refractivity contribution is 0.0939. The molecule has 0 saturated heterocycles. The minimum Gasteiger partial charge on any atom is -0.489 e. The van der Waals surface area contributed by atoms with Crippen molar-refractivity contribution < 1.29 is 9.84 Å². The highest BCUT2D eigenvalue weighted by molar-refractivity contribution is 6.35. The lowest BCUT2D eigenvalue weighted by Gasteiger charge is -2.16. The second-order valence-electron chi connectivity index (χ2n) is 6.86. The van der Waals surface area contributed by atoms with Crippen molar-refractivity contribution in [3.63, 3.8) is 0 Å². The summed E-state index contributed by atoms with van der Waals surface area (Å²) >= 11 is 12.0. The molecule has 3 rings (SSSR count). The van der Waals surface area contributed by atoms with Crippen LogP contribution in [0, 0.1) is 0 Å². The Morgan fingerprint density at radius 3 is 2.80 bits per heavy atom. The number of benzene rings is 1.